The third-order valence-electron chi connectivity index (χ3n) is 3.13. The van der Waals surface area contributed by atoms with E-state index in [1.165, 1.54) is 0 Å². The summed E-state index contributed by atoms with van der Waals surface area (Å²) in [7, 11) is 0. The molecule has 0 aromatic heterocycles. The maximum atomic E-state index is 11.8. The number of nitrogens with one attached hydrogen (secondary N) is 2. The fourth-order valence-electron chi connectivity index (χ4n) is 2.11. The first-order valence-electron chi connectivity index (χ1n) is 6.30. The van der Waals surface area contributed by atoms with Crippen molar-refractivity contribution in [3.05, 3.63) is 29.3 Å². The number of anilines is 1. The predicted molar refractivity (Wildman–Crippen MR) is 75.4 cm³/mol. The van der Waals surface area contributed by atoms with Gasteiger partial charge in [0.1, 0.15) is 0 Å². The fraction of sp³-hybridized carbons (Fsp3) is 0.462. The molecule has 0 aliphatic heterocycles. The summed E-state index contributed by atoms with van der Waals surface area (Å²) in [5, 5.41) is 6.12. The maximum Gasteiger partial charge on any atom is 0.319 e. The Morgan fingerprint density at radius 2 is 2.37 bits per heavy atom. The molecular formula is C13H18ClN3O2. The first-order valence-corrected chi connectivity index (χ1v) is 6.68. The number of hydrogen-bond acceptors (Lipinski definition) is 3. The Hall–Kier alpha value is -1.30. The summed E-state index contributed by atoms with van der Waals surface area (Å²) in [5.74, 6) is 0. The predicted octanol–water partition coefficient (Wildman–Crippen LogP) is 1.97. The van der Waals surface area contributed by atoms with Crippen molar-refractivity contribution in [1.82, 2.24) is 5.32 Å². The molecule has 1 aromatic rings. The van der Waals surface area contributed by atoms with Crippen molar-refractivity contribution in [2.75, 3.05) is 11.9 Å². The quantitative estimate of drug-likeness (QED) is 0.791. The summed E-state index contributed by atoms with van der Waals surface area (Å²) < 4.78 is 5.49. The Kier molecular flexibility index (Phi) is 4.63. The maximum absolute atomic E-state index is 11.8. The van der Waals surface area contributed by atoms with E-state index < -0.39 is 0 Å². The second-order valence-corrected chi connectivity index (χ2v) is 4.96. The van der Waals surface area contributed by atoms with Crippen LogP contribution in [0.4, 0.5) is 10.5 Å². The average molecular weight is 284 g/mol. The average Bonchev–Trinajstić information content (AvgIpc) is 2.36. The lowest BCUT2D eigenvalue weighted by atomic mass is 9.83. The van der Waals surface area contributed by atoms with E-state index in [2.05, 4.69) is 10.6 Å². The van der Waals surface area contributed by atoms with Gasteiger partial charge in [0.25, 0.3) is 0 Å². The van der Waals surface area contributed by atoms with Crippen LogP contribution >= 0.6 is 11.6 Å². The number of rotatable bonds is 4. The Balaban J connectivity index is 1.87. The van der Waals surface area contributed by atoms with Gasteiger partial charge in [0.2, 0.25) is 0 Å². The Labute approximate surface area is 117 Å². The highest BCUT2D eigenvalue weighted by atomic mass is 35.5. The number of amides is 2. The smallest absolute Gasteiger partial charge is 0.319 e. The topological polar surface area (TPSA) is 76.4 Å². The van der Waals surface area contributed by atoms with Crippen LogP contribution in [0.15, 0.2) is 24.3 Å². The van der Waals surface area contributed by atoms with E-state index in [1.807, 2.05) is 6.92 Å². The van der Waals surface area contributed by atoms with E-state index in [-0.39, 0.29) is 24.2 Å². The standard InChI is InChI=1S/C13H18ClN3O2/c1-2-19-11-7-10(15)12(11)17-13(18)16-9-5-3-4-8(14)6-9/h3-6,10-12H,2,7,15H2,1H3,(H2,16,17,18). The van der Waals surface area contributed by atoms with Crippen molar-refractivity contribution in [1.29, 1.82) is 0 Å². The zero-order chi connectivity index (χ0) is 13.8. The van der Waals surface area contributed by atoms with Crippen molar-refractivity contribution in [2.45, 2.75) is 31.5 Å². The number of carbonyl (C=O) groups excluding carboxylic acids is 1. The number of hydrogen-bond donors (Lipinski definition) is 3. The summed E-state index contributed by atoms with van der Waals surface area (Å²) in [6.07, 6.45) is 0.778. The molecule has 1 saturated carbocycles. The van der Waals surface area contributed by atoms with Crippen molar-refractivity contribution < 1.29 is 9.53 Å². The highest BCUT2D eigenvalue weighted by Gasteiger charge is 2.40. The molecule has 1 aromatic carbocycles. The summed E-state index contributed by atoms with van der Waals surface area (Å²) in [4.78, 5) is 11.8. The molecule has 1 aliphatic carbocycles. The molecule has 4 N–H and O–H groups in total. The van der Waals surface area contributed by atoms with Crippen molar-refractivity contribution >= 4 is 23.3 Å². The lowest BCUT2D eigenvalue weighted by Gasteiger charge is -2.42. The van der Waals surface area contributed by atoms with Gasteiger partial charge < -0.3 is 21.1 Å². The normalized spacial score (nSPS) is 25.5. The molecule has 0 bridgehead atoms. The minimum absolute atomic E-state index is 0.00473. The first-order chi connectivity index (χ1) is 9.10. The van der Waals surface area contributed by atoms with E-state index in [4.69, 9.17) is 22.1 Å². The van der Waals surface area contributed by atoms with Crippen LogP contribution in [-0.4, -0.2) is 30.8 Å². The highest BCUT2D eigenvalue weighted by molar-refractivity contribution is 6.30. The van der Waals surface area contributed by atoms with Gasteiger partial charge in [-0.1, -0.05) is 17.7 Å². The van der Waals surface area contributed by atoms with Crippen LogP contribution < -0.4 is 16.4 Å². The van der Waals surface area contributed by atoms with E-state index in [0.29, 0.717) is 17.3 Å². The molecule has 2 rings (SSSR count). The molecule has 1 fully saturated rings. The summed E-state index contributed by atoms with van der Waals surface area (Å²) in [6, 6.07) is 6.48. The van der Waals surface area contributed by atoms with Gasteiger partial charge >= 0.3 is 6.03 Å². The van der Waals surface area contributed by atoms with Gasteiger partial charge in [0.15, 0.2) is 0 Å². The second-order valence-electron chi connectivity index (χ2n) is 4.53. The molecule has 1 aliphatic rings. The molecule has 3 unspecified atom stereocenters. The Morgan fingerprint density at radius 1 is 1.58 bits per heavy atom. The molecule has 2 amide bonds. The third kappa shape index (κ3) is 3.59. The van der Waals surface area contributed by atoms with Gasteiger partial charge in [-0.2, -0.15) is 0 Å². The molecule has 0 spiro atoms. The zero-order valence-corrected chi connectivity index (χ0v) is 11.5. The van der Waals surface area contributed by atoms with Crippen LogP contribution in [0.1, 0.15) is 13.3 Å². The van der Waals surface area contributed by atoms with Crippen LogP contribution in [-0.2, 0) is 4.74 Å². The molecule has 3 atom stereocenters. The van der Waals surface area contributed by atoms with E-state index in [1.54, 1.807) is 24.3 Å². The molecule has 5 nitrogen and oxygen atoms in total. The number of urea groups is 1. The highest BCUT2D eigenvalue weighted by Crippen LogP contribution is 2.22. The Morgan fingerprint density at radius 3 is 3.00 bits per heavy atom. The number of halogens is 1. The molecule has 104 valence electrons. The van der Waals surface area contributed by atoms with E-state index >= 15 is 0 Å². The van der Waals surface area contributed by atoms with Gasteiger partial charge in [-0.25, -0.2) is 4.79 Å². The zero-order valence-electron chi connectivity index (χ0n) is 10.7. The summed E-state index contributed by atoms with van der Waals surface area (Å²) in [6.45, 7) is 2.54. The SMILES string of the molecule is CCOC1CC(N)C1NC(=O)Nc1cccc(Cl)c1. The Bertz CT molecular complexity index is 453. The van der Waals surface area contributed by atoms with Crippen molar-refractivity contribution in [3.63, 3.8) is 0 Å². The van der Waals surface area contributed by atoms with Crippen LogP contribution in [0.3, 0.4) is 0 Å². The van der Waals surface area contributed by atoms with Crippen LogP contribution in [0, 0.1) is 0 Å². The second kappa shape index (κ2) is 6.23. The molecular weight excluding hydrogens is 266 g/mol. The van der Waals surface area contributed by atoms with Crippen LogP contribution in [0.2, 0.25) is 5.02 Å². The summed E-state index contributed by atoms with van der Waals surface area (Å²) in [5.41, 5.74) is 6.51. The van der Waals surface area contributed by atoms with E-state index in [0.717, 1.165) is 6.42 Å². The van der Waals surface area contributed by atoms with Crippen molar-refractivity contribution in [2.24, 2.45) is 5.73 Å². The van der Waals surface area contributed by atoms with Gasteiger partial charge in [-0.05, 0) is 31.5 Å². The lowest BCUT2D eigenvalue weighted by molar-refractivity contribution is -0.0277. The number of carbonyl (C=O) groups is 1. The van der Waals surface area contributed by atoms with Crippen LogP contribution in [0.5, 0.6) is 0 Å². The molecule has 6 heteroatoms. The number of benzene rings is 1. The molecule has 0 heterocycles. The van der Waals surface area contributed by atoms with Gasteiger partial charge in [-0.15, -0.1) is 0 Å². The van der Waals surface area contributed by atoms with Crippen LogP contribution in [0.25, 0.3) is 0 Å². The van der Waals surface area contributed by atoms with E-state index in [9.17, 15) is 4.79 Å². The molecule has 0 radical (unpaired) electrons. The number of ether oxygens (including phenoxy) is 1. The number of nitrogens with two attached hydrogens (primary N) is 1. The first kappa shape index (κ1) is 14.1. The lowest BCUT2D eigenvalue weighted by Crippen LogP contribution is -2.65. The third-order valence-corrected chi connectivity index (χ3v) is 3.36. The fourth-order valence-corrected chi connectivity index (χ4v) is 2.30. The summed E-state index contributed by atoms with van der Waals surface area (Å²) >= 11 is 5.85. The molecule has 19 heavy (non-hydrogen) atoms. The van der Waals surface area contributed by atoms with Crippen molar-refractivity contribution in [3.8, 4) is 0 Å². The van der Waals surface area contributed by atoms with Gasteiger partial charge in [0, 0.05) is 23.4 Å². The minimum atomic E-state index is -0.299. The monoisotopic (exact) mass is 283 g/mol. The minimum Gasteiger partial charge on any atom is -0.376 e. The molecule has 0 saturated heterocycles. The van der Waals surface area contributed by atoms with Gasteiger partial charge in [0.05, 0.1) is 12.1 Å². The largest absolute Gasteiger partial charge is 0.376 e. The van der Waals surface area contributed by atoms with Gasteiger partial charge in [-0.3, -0.25) is 0 Å².